The van der Waals surface area contributed by atoms with Crippen LogP contribution < -0.4 is 24.3 Å². The molecule has 3 aliphatic rings. The van der Waals surface area contributed by atoms with Gasteiger partial charge < -0.3 is 29.4 Å². The number of allylic oxidation sites excluding steroid dienone is 1. The van der Waals surface area contributed by atoms with Crippen LogP contribution in [0, 0.1) is 5.92 Å². The number of carbonyl (C=O) groups excluding carboxylic acids is 2. The van der Waals surface area contributed by atoms with Gasteiger partial charge in [-0.25, -0.2) is 4.68 Å². The normalized spacial score (nSPS) is 23.4. The maximum atomic E-state index is 14.6. The number of Topliss-reactive ketones (excluding diaryl/α,β-unsaturated/α-hetero) is 2. The van der Waals surface area contributed by atoms with Gasteiger partial charge in [-0.1, -0.05) is 24.6 Å². The van der Waals surface area contributed by atoms with E-state index < -0.39 is 29.1 Å². The molecule has 3 heterocycles. The Kier molecular flexibility index (Phi) is 5.32. The second-order valence-electron chi connectivity index (χ2n) is 9.28. The van der Waals surface area contributed by atoms with Crippen LogP contribution in [0.3, 0.4) is 0 Å². The summed E-state index contributed by atoms with van der Waals surface area (Å²) in [6.07, 6.45) is 1.68. The molecule has 2 aromatic carbocycles. The van der Waals surface area contributed by atoms with Crippen molar-refractivity contribution < 1.29 is 33.6 Å². The van der Waals surface area contributed by atoms with Crippen molar-refractivity contribution in [2.45, 2.75) is 25.0 Å². The number of halogens is 1. The molecule has 196 valence electrons. The highest BCUT2D eigenvalue weighted by atomic mass is 35.5. The Labute approximate surface area is 221 Å². The standard InChI is InChI=1S/C26H23ClN4O7/c1-11-7-13-18(21(31-25(30-13)28-10-29-31)12-5-6-14(32)15(8-12)35-2)23(33)26(11)24(34)19-16(36-3)9-17(37-4)20(27)22(19)38-26/h5-6,8-11,21,32H,7H2,1-4H3,(H,28,29,30)/t11-,21?,26+/m1/s1. The number of hydrogen-bond donors (Lipinski definition) is 2. The highest BCUT2D eigenvalue weighted by Crippen LogP contribution is 2.55. The average Bonchev–Trinajstić information content (AvgIpc) is 3.50. The number of benzene rings is 2. The number of aromatic hydroxyl groups is 1. The van der Waals surface area contributed by atoms with Crippen molar-refractivity contribution in [2.24, 2.45) is 5.92 Å². The number of phenolic OH excluding ortho intramolecular Hbond substituents is 1. The van der Waals surface area contributed by atoms with Gasteiger partial charge in [-0.2, -0.15) is 10.1 Å². The van der Waals surface area contributed by atoms with Gasteiger partial charge in [-0.3, -0.25) is 9.59 Å². The van der Waals surface area contributed by atoms with Gasteiger partial charge in [-0.05, 0) is 24.1 Å². The number of methoxy groups -OCH3 is 3. The zero-order valence-electron chi connectivity index (χ0n) is 20.9. The van der Waals surface area contributed by atoms with Crippen LogP contribution in [0.25, 0.3) is 0 Å². The third-order valence-corrected chi connectivity index (χ3v) is 7.76. The molecule has 2 N–H and O–H groups in total. The lowest BCUT2D eigenvalue weighted by Crippen LogP contribution is -2.58. The van der Waals surface area contributed by atoms with E-state index in [4.69, 9.17) is 30.5 Å². The van der Waals surface area contributed by atoms with Gasteiger partial charge in [-0.15, -0.1) is 0 Å². The SMILES string of the molecule is COc1cc(C2C3=C(C[C@@H](C)[C@]4(Oc5c(Cl)c(OC)cc(OC)c5C4=O)C3=O)Nc3ncnn32)ccc1O. The largest absolute Gasteiger partial charge is 0.504 e. The molecule has 6 rings (SSSR count). The number of hydrogen-bond acceptors (Lipinski definition) is 10. The molecule has 0 saturated heterocycles. The number of nitrogens with zero attached hydrogens (tertiary/aromatic N) is 3. The van der Waals surface area contributed by atoms with Gasteiger partial charge in [0.05, 0.1) is 21.3 Å². The third kappa shape index (κ3) is 3.02. The quantitative estimate of drug-likeness (QED) is 0.475. The molecule has 3 atom stereocenters. The molecule has 11 nitrogen and oxygen atoms in total. The second-order valence-corrected chi connectivity index (χ2v) is 9.66. The number of fused-ring (bicyclic) bond motifs is 2. The molecule has 1 aliphatic carbocycles. The van der Waals surface area contributed by atoms with E-state index >= 15 is 0 Å². The molecule has 2 aliphatic heterocycles. The molecule has 1 aromatic heterocycles. The molecular formula is C26H23ClN4O7. The maximum Gasteiger partial charge on any atom is 0.236 e. The Morgan fingerprint density at radius 2 is 1.84 bits per heavy atom. The van der Waals surface area contributed by atoms with Crippen molar-refractivity contribution in [3.63, 3.8) is 0 Å². The first-order valence-electron chi connectivity index (χ1n) is 11.8. The van der Waals surface area contributed by atoms with E-state index in [2.05, 4.69) is 15.4 Å². The Hall–Kier alpha value is -4.25. The highest BCUT2D eigenvalue weighted by Gasteiger charge is 2.63. The van der Waals surface area contributed by atoms with Crippen molar-refractivity contribution in [1.82, 2.24) is 14.8 Å². The smallest absolute Gasteiger partial charge is 0.236 e. The Bertz CT molecular complexity index is 1570. The molecule has 0 fully saturated rings. The minimum absolute atomic E-state index is 0.0465. The van der Waals surface area contributed by atoms with Gasteiger partial charge in [0.15, 0.2) is 17.2 Å². The molecule has 0 bridgehead atoms. The fourth-order valence-electron chi connectivity index (χ4n) is 5.56. The third-order valence-electron chi connectivity index (χ3n) is 7.40. The van der Waals surface area contributed by atoms with E-state index in [1.54, 1.807) is 23.7 Å². The predicted molar refractivity (Wildman–Crippen MR) is 135 cm³/mol. The number of anilines is 1. The lowest BCUT2D eigenvalue weighted by molar-refractivity contribution is -0.130. The summed E-state index contributed by atoms with van der Waals surface area (Å²) in [6, 6.07) is 5.49. The molecular weight excluding hydrogens is 516 g/mol. The summed E-state index contributed by atoms with van der Waals surface area (Å²) in [5.41, 5.74) is -0.302. The maximum absolute atomic E-state index is 14.6. The fourth-order valence-corrected chi connectivity index (χ4v) is 5.83. The Morgan fingerprint density at radius 3 is 2.55 bits per heavy atom. The van der Waals surface area contributed by atoms with Crippen LogP contribution in [0.4, 0.5) is 5.95 Å². The zero-order chi connectivity index (χ0) is 26.9. The number of phenols is 1. The van der Waals surface area contributed by atoms with E-state index in [-0.39, 0.29) is 44.9 Å². The summed E-state index contributed by atoms with van der Waals surface area (Å²) >= 11 is 6.56. The van der Waals surface area contributed by atoms with E-state index in [1.165, 1.54) is 39.8 Å². The van der Waals surface area contributed by atoms with Crippen LogP contribution in [0.2, 0.25) is 5.02 Å². The summed E-state index contributed by atoms with van der Waals surface area (Å²) in [5, 5.41) is 17.8. The van der Waals surface area contributed by atoms with Gasteiger partial charge in [0.25, 0.3) is 0 Å². The van der Waals surface area contributed by atoms with Gasteiger partial charge in [0.1, 0.15) is 34.5 Å². The average molecular weight is 539 g/mol. The van der Waals surface area contributed by atoms with Crippen LogP contribution in [0.1, 0.15) is 35.3 Å². The number of ether oxygens (including phenoxy) is 4. The topological polar surface area (TPSA) is 134 Å². The van der Waals surface area contributed by atoms with E-state index in [0.29, 0.717) is 23.6 Å². The minimum atomic E-state index is -1.89. The van der Waals surface area contributed by atoms with Crippen LogP contribution >= 0.6 is 11.6 Å². The summed E-state index contributed by atoms with van der Waals surface area (Å²) in [5.74, 6) is -0.541. The Balaban J connectivity index is 1.54. The zero-order valence-corrected chi connectivity index (χ0v) is 21.6. The second kappa shape index (κ2) is 8.38. The van der Waals surface area contributed by atoms with Crippen molar-refractivity contribution >= 4 is 29.1 Å². The van der Waals surface area contributed by atoms with Crippen LogP contribution in [0.5, 0.6) is 28.7 Å². The minimum Gasteiger partial charge on any atom is -0.504 e. The van der Waals surface area contributed by atoms with Crippen molar-refractivity contribution in [1.29, 1.82) is 0 Å². The molecule has 1 spiro atoms. The van der Waals surface area contributed by atoms with Gasteiger partial charge >= 0.3 is 0 Å². The summed E-state index contributed by atoms with van der Waals surface area (Å²) in [4.78, 5) is 33.0. The van der Waals surface area contributed by atoms with Crippen LogP contribution in [0.15, 0.2) is 41.9 Å². The van der Waals surface area contributed by atoms with Crippen molar-refractivity contribution in [2.75, 3.05) is 26.6 Å². The van der Waals surface area contributed by atoms with Crippen molar-refractivity contribution in [3.8, 4) is 28.7 Å². The van der Waals surface area contributed by atoms with E-state index in [9.17, 15) is 14.7 Å². The Morgan fingerprint density at radius 1 is 1.11 bits per heavy atom. The van der Waals surface area contributed by atoms with E-state index in [1.807, 2.05) is 0 Å². The monoisotopic (exact) mass is 538 g/mol. The number of carbonyl (C=O) groups is 2. The van der Waals surface area contributed by atoms with Gasteiger partial charge in [0, 0.05) is 23.3 Å². The molecule has 0 saturated carbocycles. The number of aromatic nitrogens is 3. The van der Waals surface area contributed by atoms with Gasteiger partial charge in [0.2, 0.25) is 23.1 Å². The number of nitrogens with one attached hydrogen (secondary N) is 1. The number of rotatable bonds is 4. The predicted octanol–water partition coefficient (Wildman–Crippen LogP) is 3.55. The molecule has 1 unspecified atom stereocenters. The fraction of sp³-hybridized carbons (Fsp3) is 0.308. The first-order chi connectivity index (χ1) is 18.3. The van der Waals surface area contributed by atoms with Crippen molar-refractivity contribution in [3.05, 3.63) is 58.0 Å². The highest BCUT2D eigenvalue weighted by molar-refractivity contribution is 6.36. The first kappa shape index (κ1) is 24.1. The lowest BCUT2D eigenvalue weighted by atomic mass is 9.69. The molecule has 12 heteroatoms. The first-order valence-corrected chi connectivity index (χ1v) is 12.1. The van der Waals surface area contributed by atoms with Crippen LogP contribution in [-0.2, 0) is 4.79 Å². The van der Waals surface area contributed by atoms with Crippen LogP contribution in [-0.4, -0.2) is 58.4 Å². The summed E-state index contributed by atoms with van der Waals surface area (Å²) in [7, 11) is 4.29. The molecule has 38 heavy (non-hydrogen) atoms. The molecule has 0 radical (unpaired) electrons. The summed E-state index contributed by atoms with van der Waals surface area (Å²) in [6.45, 7) is 1.78. The van der Waals surface area contributed by atoms with E-state index in [0.717, 1.165) is 0 Å². The lowest BCUT2D eigenvalue weighted by Gasteiger charge is -2.41. The summed E-state index contributed by atoms with van der Waals surface area (Å²) < 4.78 is 24.0. The molecule has 3 aromatic rings. The molecule has 0 amide bonds. The number of ketones is 2.